The number of sulfone groups is 1. The van der Waals surface area contributed by atoms with Gasteiger partial charge in [-0.2, -0.15) is 0 Å². The molecule has 4 nitrogen and oxygen atoms in total. The molecule has 23 heavy (non-hydrogen) atoms. The Morgan fingerprint density at radius 2 is 2.00 bits per heavy atom. The van der Waals surface area contributed by atoms with Gasteiger partial charge in [-0.25, -0.2) is 8.42 Å². The fraction of sp³-hybridized carbons (Fsp3) is 0.353. The van der Waals surface area contributed by atoms with E-state index in [0.29, 0.717) is 11.3 Å². The van der Waals surface area contributed by atoms with Gasteiger partial charge in [0.2, 0.25) is 5.91 Å². The third kappa shape index (κ3) is 4.00. The topological polar surface area (TPSA) is 63.2 Å². The molecule has 0 saturated carbocycles. The maximum absolute atomic E-state index is 13.2. The fourth-order valence-corrected chi connectivity index (χ4v) is 5.45. The first-order chi connectivity index (χ1) is 10.9. The SMILES string of the molecule is CCC(=O)NC[C@@H](c1cccs1)S(=O)(=O)c1cc(C)ccc1C. The molecule has 0 bridgehead atoms. The van der Waals surface area contributed by atoms with E-state index in [4.69, 9.17) is 0 Å². The van der Waals surface area contributed by atoms with Crippen LogP contribution in [0.1, 0.15) is 34.6 Å². The summed E-state index contributed by atoms with van der Waals surface area (Å²) in [7, 11) is -3.59. The van der Waals surface area contributed by atoms with E-state index >= 15 is 0 Å². The molecule has 6 heteroatoms. The van der Waals surface area contributed by atoms with E-state index in [2.05, 4.69) is 5.32 Å². The summed E-state index contributed by atoms with van der Waals surface area (Å²) in [5, 5.41) is 3.80. The number of carbonyl (C=O) groups is 1. The first-order valence-electron chi connectivity index (χ1n) is 7.47. The van der Waals surface area contributed by atoms with Crippen LogP contribution in [-0.2, 0) is 14.6 Å². The van der Waals surface area contributed by atoms with E-state index in [0.717, 1.165) is 16.0 Å². The second-order valence-electron chi connectivity index (χ2n) is 5.48. The minimum absolute atomic E-state index is 0.0862. The molecule has 1 aromatic carbocycles. The van der Waals surface area contributed by atoms with E-state index in [1.165, 1.54) is 11.3 Å². The van der Waals surface area contributed by atoms with Crippen LogP contribution in [0.15, 0.2) is 40.6 Å². The lowest BCUT2D eigenvalue weighted by molar-refractivity contribution is -0.120. The summed E-state index contributed by atoms with van der Waals surface area (Å²) in [5.41, 5.74) is 1.62. The molecule has 0 radical (unpaired) electrons. The molecule has 1 amide bonds. The molecule has 2 rings (SSSR count). The van der Waals surface area contributed by atoms with E-state index < -0.39 is 15.1 Å². The molecular weight excluding hydrogens is 330 g/mol. The highest BCUT2D eigenvalue weighted by atomic mass is 32.2. The zero-order valence-corrected chi connectivity index (χ0v) is 15.1. The third-order valence-electron chi connectivity index (χ3n) is 3.69. The van der Waals surface area contributed by atoms with Gasteiger partial charge in [0.1, 0.15) is 5.25 Å². The van der Waals surface area contributed by atoms with Gasteiger partial charge < -0.3 is 5.32 Å². The number of hydrogen-bond donors (Lipinski definition) is 1. The summed E-state index contributed by atoms with van der Waals surface area (Å²) in [4.78, 5) is 12.6. The van der Waals surface area contributed by atoms with Crippen molar-refractivity contribution < 1.29 is 13.2 Å². The van der Waals surface area contributed by atoms with Crippen molar-refractivity contribution in [1.29, 1.82) is 0 Å². The van der Waals surface area contributed by atoms with Gasteiger partial charge in [0.15, 0.2) is 9.84 Å². The molecule has 1 heterocycles. The predicted octanol–water partition coefficient (Wildman–Crippen LogP) is 3.41. The Hall–Kier alpha value is -1.66. The van der Waals surface area contributed by atoms with Gasteiger partial charge in [-0.3, -0.25) is 4.79 Å². The van der Waals surface area contributed by atoms with Crippen molar-refractivity contribution in [2.45, 2.75) is 37.3 Å². The van der Waals surface area contributed by atoms with E-state index in [-0.39, 0.29) is 12.5 Å². The standard InChI is InChI=1S/C17H21NO3S2/c1-4-17(19)18-11-16(14-6-5-9-22-14)23(20,21)15-10-12(2)7-8-13(15)3/h5-10,16H,4,11H2,1-3H3,(H,18,19)/t16-/m0/s1. The summed E-state index contributed by atoms with van der Waals surface area (Å²) in [6.07, 6.45) is 0.334. The first kappa shape index (κ1) is 17.7. The van der Waals surface area contributed by atoms with Crippen molar-refractivity contribution in [3.05, 3.63) is 51.7 Å². The van der Waals surface area contributed by atoms with E-state index in [1.54, 1.807) is 26.0 Å². The van der Waals surface area contributed by atoms with Crippen molar-refractivity contribution >= 4 is 27.1 Å². The highest BCUT2D eigenvalue weighted by Gasteiger charge is 2.31. The summed E-state index contributed by atoms with van der Waals surface area (Å²) in [5.74, 6) is -0.150. The van der Waals surface area contributed by atoms with Gasteiger partial charge in [-0.15, -0.1) is 11.3 Å². The predicted molar refractivity (Wildman–Crippen MR) is 93.5 cm³/mol. The number of hydrogen-bond acceptors (Lipinski definition) is 4. The van der Waals surface area contributed by atoms with Crippen LogP contribution in [0.2, 0.25) is 0 Å². The number of aryl methyl sites for hydroxylation is 2. The van der Waals surface area contributed by atoms with E-state index in [1.807, 2.05) is 30.5 Å². The summed E-state index contributed by atoms with van der Waals surface area (Å²) >= 11 is 1.39. The van der Waals surface area contributed by atoms with Crippen LogP contribution in [0, 0.1) is 13.8 Å². The van der Waals surface area contributed by atoms with Crippen molar-refractivity contribution in [2.75, 3.05) is 6.54 Å². The number of nitrogens with one attached hydrogen (secondary N) is 1. The van der Waals surface area contributed by atoms with Crippen LogP contribution >= 0.6 is 11.3 Å². The Morgan fingerprint density at radius 1 is 1.26 bits per heavy atom. The van der Waals surface area contributed by atoms with Crippen LogP contribution in [0.4, 0.5) is 0 Å². The maximum Gasteiger partial charge on any atom is 0.219 e. The van der Waals surface area contributed by atoms with Gasteiger partial charge in [0.05, 0.1) is 4.90 Å². The zero-order chi connectivity index (χ0) is 17.0. The van der Waals surface area contributed by atoms with E-state index in [9.17, 15) is 13.2 Å². The van der Waals surface area contributed by atoms with Gasteiger partial charge >= 0.3 is 0 Å². The van der Waals surface area contributed by atoms with Crippen LogP contribution in [0.5, 0.6) is 0 Å². The molecule has 0 aliphatic heterocycles. The largest absolute Gasteiger partial charge is 0.354 e. The van der Waals surface area contributed by atoms with Crippen molar-refractivity contribution in [2.24, 2.45) is 0 Å². The second kappa shape index (κ2) is 7.27. The van der Waals surface area contributed by atoms with Crippen LogP contribution in [0.3, 0.4) is 0 Å². The van der Waals surface area contributed by atoms with Gasteiger partial charge in [0, 0.05) is 17.8 Å². The smallest absolute Gasteiger partial charge is 0.219 e. The number of carbonyl (C=O) groups excluding carboxylic acids is 1. The monoisotopic (exact) mass is 351 g/mol. The van der Waals surface area contributed by atoms with Crippen LogP contribution in [-0.4, -0.2) is 20.9 Å². The second-order valence-corrected chi connectivity index (χ2v) is 8.55. The lowest BCUT2D eigenvalue weighted by atomic mass is 10.2. The third-order valence-corrected chi connectivity index (χ3v) is 7.05. The number of amides is 1. The highest BCUT2D eigenvalue weighted by Crippen LogP contribution is 2.33. The first-order valence-corrected chi connectivity index (χ1v) is 9.90. The molecule has 0 spiro atoms. The number of thiophene rings is 1. The average Bonchev–Trinajstić information content (AvgIpc) is 3.03. The lowest BCUT2D eigenvalue weighted by Crippen LogP contribution is -2.31. The Balaban J connectivity index is 2.44. The molecule has 2 aromatic rings. The molecule has 124 valence electrons. The van der Waals surface area contributed by atoms with Crippen molar-refractivity contribution in [3.8, 4) is 0 Å². The molecule has 0 aliphatic rings. The summed E-state index contributed by atoms with van der Waals surface area (Å²) in [6, 6.07) is 9.04. The molecule has 0 unspecified atom stereocenters. The fourth-order valence-electron chi connectivity index (χ4n) is 2.34. The van der Waals surface area contributed by atoms with Crippen molar-refractivity contribution in [1.82, 2.24) is 5.32 Å². The summed E-state index contributed by atoms with van der Waals surface area (Å²) in [6.45, 7) is 5.50. The highest BCUT2D eigenvalue weighted by molar-refractivity contribution is 7.92. The Kier molecular flexibility index (Phi) is 5.59. The Bertz CT molecular complexity index is 780. The summed E-state index contributed by atoms with van der Waals surface area (Å²) < 4.78 is 26.3. The van der Waals surface area contributed by atoms with Gasteiger partial charge in [0.25, 0.3) is 0 Å². The lowest BCUT2D eigenvalue weighted by Gasteiger charge is -2.19. The van der Waals surface area contributed by atoms with Gasteiger partial charge in [-0.1, -0.05) is 25.1 Å². The normalized spacial score (nSPS) is 12.8. The quantitative estimate of drug-likeness (QED) is 0.867. The van der Waals surface area contributed by atoms with Crippen LogP contribution in [0.25, 0.3) is 0 Å². The molecule has 1 atom stereocenters. The number of rotatable bonds is 6. The molecular formula is C17H21NO3S2. The van der Waals surface area contributed by atoms with Crippen molar-refractivity contribution in [3.63, 3.8) is 0 Å². The molecule has 0 fully saturated rings. The molecule has 0 saturated heterocycles. The minimum atomic E-state index is -3.59. The molecule has 1 aromatic heterocycles. The Morgan fingerprint density at radius 3 is 2.61 bits per heavy atom. The average molecular weight is 351 g/mol. The zero-order valence-electron chi connectivity index (χ0n) is 13.5. The minimum Gasteiger partial charge on any atom is -0.354 e. The van der Waals surface area contributed by atoms with Crippen LogP contribution < -0.4 is 5.32 Å². The molecule has 1 N–H and O–H groups in total. The van der Waals surface area contributed by atoms with Gasteiger partial charge in [-0.05, 0) is 42.5 Å². The maximum atomic E-state index is 13.2. The molecule has 0 aliphatic carbocycles. The Labute approximate surface area is 141 Å². The number of benzene rings is 1.